The summed E-state index contributed by atoms with van der Waals surface area (Å²) in [5, 5.41) is 0. The highest BCUT2D eigenvalue weighted by molar-refractivity contribution is 5.81. The number of likely N-dealkylation sites (N-methyl/N-ethyl adjacent to an activating group) is 1. The van der Waals surface area contributed by atoms with Gasteiger partial charge in [0.15, 0.2) is 11.5 Å². The van der Waals surface area contributed by atoms with E-state index in [1.807, 2.05) is 18.2 Å². The Kier molecular flexibility index (Phi) is 5.64. The molecule has 4 heteroatoms. The van der Waals surface area contributed by atoms with E-state index in [-0.39, 0.29) is 11.5 Å². The van der Waals surface area contributed by atoms with Crippen molar-refractivity contribution in [3.63, 3.8) is 0 Å². The third-order valence-corrected chi connectivity index (χ3v) is 6.91. The summed E-state index contributed by atoms with van der Waals surface area (Å²) in [5.74, 6) is 2.04. The molecule has 4 nitrogen and oxygen atoms in total. The number of fused-ring (bicyclic) bond motifs is 1. The van der Waals surface area contributed by atoms with Gasteiger partial charge in [0.05, 0.1) is 7.11 Å². The second-order valence-corrected chi connectivity index (χ2v) is 8.40. The third kappa shape index (κ3) is 3.55. The SMILES string of the molecule is CCc1c([C@@]23CCC(=O)C[C@@H]2N(C)CC3)ccc(OC)c1OCc1ccccc1. The van der Waals surface area contributed by atoms with E-state index >= 15 is 0 Å². The number of hydrogen-bond donors (Lipinski definition) is 0. The lowest BCUT2D eigenvalue weighted by Gasteiger charge is -2.42. The van der Waals surface area contributed by atoms with E-state index < -0.39 is 0 Å². The number of hydrogen-bond acceptors (Lipinski definition) is 4. The van der Waals surface area contributed by atoms with E-state index in [9.17, 15) is 4.79 Å². The molecule has 2 fully saturated rings. The molecule has 1 aliphatic carbocycles. The van der Waals surface area contributed by atoms with Crippen molar-refractivity contribution in [2.45, 2.75) is 57.1 Å². The molecule has 2 aliphatic rings. The molecule has 4 rings (SSSR count). The molecule has 1 heterocycles. The van der Waals surface area contributed by atoms with Crippen LogP contribution >= 0.6 is 0 Å². The predicted octanol–water partition coefficient (Wildman–Crippen LogP) is 4.53. The minimum atomic E-state index is 0.0329. The quantitative estimate of drug-likeness (QED) is 0.723. The zero-order valence-corrected chi connectivity index (χ0v) is 17.7. The van der Waals surface area contributed by atoms with Gasteiger partial charge in [-0.2, -0.15) is 0 Å². The average Bonchev–Trinajstić information content (AvgIpc) is 3.09. The van der Waals surface area contributed by atoms with Crippen LogP contribution in [-0.4, -0.2) is 37.4 Å². The minimum absolute atomic E-state index is 0.0329. The van der Waals surface area contributed by atoms with Crippen molar-refractivity contribution in [3.8, 4) is 11.5 Å². The summed E-state index contributed by atoms with van der Waals surface area (Å²) in [5.41, 5.74) is 3.76. The van der Waals surface area contributed by atoms with Gasteiger partial charge in [-0.25, -0.2) is 0 Å². The zero-order valence-electron chi connectivity index (χ0n) is 17.7. The van der Waals surface area contributed by atoms with Crippen LogP contribution < -0.4 is 9.47 Å². The first kappa shape index (κ1) is 20.0. The molecule has 0 spiro atoms. The molecule has 2 atom stereocenters. The molecule has 1 aliphatic heterocycles. The third-order valence-electron chi connectivity index (χ3n) is 6.91. The molecule has 0 radical (unpaired) electrons. The summed E-state index contributed by atoms with van der Waals surface area (Å²) in [7, 11) is 3.86. The number of rotatable bonds is 6. The predicted molar refractivity (Wildman–Crippen MR) is 115 cm³/mol. The fraction of sp³-hybridized carbons (Fsp3) is 0.480. The van der Waals surface area contributed by atoms with Gasteiger partial charge in [-0.05, 0) is 50.0 Å². The fourth-order valence-electron chi connectivity index (χ4n) is 5.36. The lowest BCUT2D eigenvalue weighted by atomic mass is 9.64. The van der Waals surface area contributed by atoms with Crippen LogP contribution in [0.4, 0.5) is 0 Å². The standard InChI is InChI=1S/C25H31NO3/c1-4-20-21(25-13-12-19(27)16-23(25)26(2)15-14-25)10-11-22(28-3)24(20)29-17-18-8-6-5-7-9-18/h5-11,23H,4,12-17H2,1-3H3/t23-,25-/m0/s1. The number of likely N-dealkylation sites (tertiary alicyclic amines) is 1. The second kappa shape index (κ2) is 8.19. The van der Waals surface area contributed by atoms with Crippen molar-refractivity contribution >= 4 is 5.78 Å². The summed E-state index contributed by atoms with van der Waals surface area (Å²) < 4.78 is 12.0. The first-order valence-electron chi connectivity index (χ1n) is 10.7. The van der Waals surface area contributed by atoms with Gasteiger partial charge >= 0.3 is 0 Å². The van der Waals surface area contributed by atoms with Gasteiger partial charge in [-0.15, -0.1) is 0 Å². The fourth-order valence-corrected chi connectivity index (χ4v) is 5.36. The van der Waals surface area contributed by atoms with E-state index in [0.717, 1.165) is 42.9 Å². The topological polar surface area (TPSA) is 38.8 Å². The molecule has 2 aromatic carbocycles. The Balaban J connectivity index is 1.75. The highest BCUT2D eigenvalue weighted by Crippen LogP contribution is 2.51. The van der Waals surface area contributed by atoms with Gasteiger partial charge in [0, 0.05) is 29.9 Å². The van der Waals surface area contributed by atoms with Crippen molar-refractivity contribution in [1.82, 2.24) is 4.90 Å². The number of ether oxygens (including phenoxy) is 2. The van der Waals surface area contributed by atoms with Crippen LogP contribution in [0.3, 0.4) is 0 Å². The van der Waals surface area contributed by atoms with Crippen molar-refractivity contribution in [2.24, 2.45) is 0 Å². The van der Waals surface area contributed by atoms with Crippen LogP contribution in [0.25, 0.3) is 0 Å². The Morgan fingerprint density at radius 2 is 1.93 bits per heavy atom. The van der Waals surface area contributed by atoms with Crippen LogP contribution in [0.15, 0.2) is 42.5 Å². The first-order chi connectivity index (χ1) is 14.1. The maximum Gasteiger partial charge on any atom is 0.165 e. The van der Waals surface area contributed by atoms with Crippen molar-refractivity contribution < 1.29 is 14.3 Å². The Hall–Kier alpha value is -2.33. The number of methoxy groups -OCH3 is 1. The lowest BCUT2D eigenvalue weighted by Crippen LogP contribution is -2.46. The van der Waals surface area contributed by atoms with Crippen molar-refractivity contribution in [1.29, 1.82) is 0 Å². The Bertz CT molecular complexity index is 879. The molecule has 154 valence electrons. The lowest BCUT2D eigenvalue weighted by molar-refractivity contribution is -0.122. The van der Waals surface area contributed by atoms with Gasteiger partial charge in [-0.1, -0.05) is 43.3 Å². The first-order valence-corrected chi connectivity index (χ1v) is 10.7. The van der Waals surface area contributed by atoms with E-state index in [4.69, 9.17) is 9.47 Å². The Morgan fingerprint density at radius 1 is 1.14 bits per heavy atom. The van der Waals surface area contributed by atoms with Crippen molar-refractivity contribution in [2.75, 3.05) is 20.7 Å². The normalized spacial score (nSPS) is 24.4. The molecule has 0 bridgehead atoms. The average molecular weight is 394 g/mol. The highest BCUT2D eigenvalue weighted by Gasteiger charge is 2.51. The van der Waals surface area contributed by atoms with E-state index in [1.165, 1.54) is 11.1 Å². The van der Waals surface area contributed by atoms with E-state index in [2.05, 4.69) is 43.1 Å². The molecule has 0 aromatic heterocycles. The summed E-state index contributed by atoms with van der Waals surface area (Å²) in [6.45, 7) is 3.74. The number of benzene rings is 2. The van der Waals surface area contributed by atoms with Crippen molar-refractivity contribution in [3.05, 3.63) is 59.2 Å². The summed E-state index contributed by atoms with van der Waals surface area (Å²) in [4.78, 5) is 14.6. The molecule has 0 unspecified atom stereocenters. The van der Waals surface area contributed by atoms with E-state index in [1.54, 1.807) is 7.11 Å². The van der Waals surface area contributed by atoms with Gasteiger partial charge < -0.3 is 14.4 Å². The largest absolute Gasteiger partial charge is 0.493 e. The smallest absolute Gasteiger partial charge is 0.165 e. The summed E-state index contributed by atoms with van der Waals surface area (Å²) >= 11 is 0. The maximum atomic E-state index is 12.2. The van der Waals surface area contributed by atoms with Crippen LogP contribution in [0.1, 0.15) is 49.3 Å². The van der Waals surface area contributed by atoms with Gasteiger partial charge in [0.1, 0.15) is 12.4 Å². The Labute approximate surface area is 173 Å². The number of carbonyl (C=O) groups is 1. The number of nitrogens with zero attached hydrogens (tertiary/aromatic N) is 1. The molecule has 0 N–H and O–H groups in total. The van der Waals surface area contributed by atoms with Gasteiger partial charge in [0.25, 0.3) is 0 Å². The molecule has 0 amide bonds. The molecule has 2 aromatic rings. The van der Waals surface area contributed by atoms with Crippen LogP contribution in [0.5, 0.6) is 11.5 Å². The van der Waals surface area contributed by atoms with E-state index in [0.29, 0.717) is 25.2 Å². The zero-order chi connectivity index (χ0) is 20.4. The molecular weight excluding hydrogens is 362 g/mol. The number of Topliss-reactive ketones (excluding diaryl/α,β-unsaturated/α-hetero) is 1. The van der Waals surface area contributed by atoms with Crippen LogP contribution in [0, 0.1) is 0 Å². The molecular formula is C25H31NO3. The van der Waals surface area contributed by atoms with Crippen LogP contribution in [-0.2, 0) is 23.2 Å². The second-order valence-electron chi connectivity index (χ2n) is 8.40. The minimum Gasteiger partial charge on any atom is -0.493 e. The monoisotopic (exact) mass is 393 g/mol. The number of ketones is 1. The molecule has 1 saturated carbocycles. The van der Waals surface area contributed by atoms with Gasteiger partial charge in [0.2, 0.25) is 0 Å². The number of carbonyl (C=O) groups excluding carboxylic acids is 1. The molecule has 29 heavy (non-hydrogen) atoms. The summed E-state index contributed by atoms with van der Waals surface area (Å²) in [6, 6.07) is 14.8. The maximum absolute atomic E-state index is 12.2. The highest BCUT2D eigenvalue weighted by atomic mass is 16.5. The van der Waals surface area contributed by atoms with Crippen LogP contribution in [0.2, 0.25) is 0 Å². The molecule has 1 saturated heterocycles. The van der Waals surface area contributed by atoms with Gasteiger partial charge in [-0.3, -0.25) is 4.79 Å². The summed E-state index contributed by atoms with van der Waals surface area (Å²) in [6.07, 6.45) is 4.24. The Morgan fingerprint density at radius 3 is 2.66 bits per heavy atom.